The fraction of sp³-hybridized carbons (Fsp3) is 0.750. The number of methoxy groups -OCH3 is 1. The molecule has 1 aromatic heterocycles. The number of pyridine rings is 1. The Morgan fingerprint density at radius 2 is 2.00 bits per heavy atom. The lowest BCUT2D eigenvalue weighted by Gasteiger charge is -2.42. The van der Waals surface area contributed by atoms with Crippen LogP contribution < -0.4 is 5.32 Å². The maximum atomic E-state index is 13.1. The van der Waals surface area contributed by atoms with Crippen molar-refractivity contribution in [3.63, 3.8) is 0 Å². The molecule has 3 aliphatic rings. The van der Waals surface area contributed by atoms with Crippen LogP contribution in [0.5, 0.6) is 0 Å². The van der Waals surface area contributed by atoms with Gasteiger partial charge in [0.05, 0.1) is 18.1 Å². The molecule has 3 heterocycles. The van der Waals surface area contributed by atoms with E-state index in [-0.39, 0.29) is 17.4 Å². The van der Waals surface area contributed by atoms with Gasteiger partial charge in [0, 0.05) is 38.6 Å². The summed E-state index contributed by atoms with van der Waals surface area (Å²) in [6, 6.07) is 4.79. The summed E-state index contributed by atoms with van der Waals surface area (Å²) in [7, 11) is 1.75. The minimum Gasteiger partial charge on any atom is -0.382 e. The van der Waals surface area contributed by atoms with E-state index in [1.54, 1.807) is 7.11 Å². The Morgan fingerprint density at radius 1 is 1.20 bits per heavy atom. The number of aromatic nitrogens is 1. The largest absolute Gasteiger partial charge is 0.382 e. The van der Waals surface area contributed by atoms with Crippen LogP contribution in [0, 0.1) is 5.92 Å². The molecule has 0 radical (unpaired) electrons. The number of piperidine rings is 2. The zero-order chi connectivity index (χ0) is 20.8. The van der Waals surface area contributed by atoms with Gasteiger partial charge in [-0.3, -0.25) is 19.6 Å². The van der Waals surface area contributed by atoms with Crippen LogP contribution in [-0.4, -0.2) is 72.2 Å². The second-order valence-electron chi connectivity index (χ2n) is 9.61. The Kier molecular flexibility index (Phi) is 7.39. The van der Waals surface area contributed by atoms with E-state index in [0.29, 0.717) is 12.6 Å². The van der Waals surface area contributed by atoms with E-state index in [4.69, 9.17) is 4.74 Å². The molecule has 1 atom stereocenters. The molecule has 166 valence electrons. The summed E-state index contributed by atoms with van der Waals surface area (Å²) in [5.74, 6) is 0.383. The van der Waals surface area contributed by atoms with Crippen LogP contribution in [0.15, 0.2) is 24.5 Å². The first kappa shape index (κ1) is 21.7. The van der Waals surface area contributed by atoms with Gasteiger partial charge in [-0.15, -0.1) is 0 Å². The Labute approximate surface area is 181 Å². The molecule has 3 fully saturated rings. The lowest BCUT2D eigenvalue weighted by atomic mass is 9.91. The lowest BCUT2D eigenvalue weighted by molar-refractivity contribution is -0.130. The topological polar surface area (TPSA) is 57.7 Å². The van der Waals surface area contributed by atoms with E-state index >= 15 is 0 Å². The second kappa shape index (κ2) is 10.2. The first-order chi connectivity index (χ1) is 14.7. The number of nitrogens with zero attached hydrogens (tertiary/aromatic N) is 3. The maximum absolute atomic E-state index is 13.1. The lowest BCUT2D eigenvalue weighted by Crippen LogP contribution is -2.55. The van der Waals surface area contributed by atoms with Crippen LogP contribution in [0.25, 0.3) is 0 Å². The quantitative estimate of drug-likeness (QED) is 0.744. The van der Waals surface area contributed by atoms with Gasteiger partial charge < -0.3 is 10.1 Å². The molecular formula is C24H38N4O2. The predicted molar refractivity (Wildman–Crippen MR) is 118 cm³/mol. The molecular weight excluding hydrogens is 376 g/mol. The van der Waals surface area contributed by atoms with Gasteiger partial charge in [0.25, 0.3) is 0 Å². The summed E-state index contributed by atoms with van der Waals surface area (Å²) < 4.78 is 5.45. The molecule has 30 heavy (non-hydrogen) atoms. The number of hydrogen-bond acceptors (Lipinski definition) is 5. The molecule has 2 saturated heterocycles. The Morgan fingerprint density at radius 3 is 2.70 bits per heavy atom. The molecule has 1 N–H and O–H groups in total. The number of likely N-dealkylation sites (tertiary alicyclic amines) is 2. The maximum Gasteiger partial charge on any atom is 0.224 e. The fourth-order valence-corrected chi connectivity index (χ4v) is 5.74. The molecule has 6 nitrogen and oxygen atoms in total. The minimum absolute atomic E-state index is 0.119. The third-order valence-electron chi connectivity index (χ3n) is 7.40. The third kappa shape index (κ3) is 5.40. The highest BCUT2D eigenvalue weighted by atomic mass is 16.5. The summed E-state index contributed by atoms with van der Waals surface area (Å²) in [5, 5.41) is 3.42. The van der Waals surface area contributed by atoms with Gasteiger partial charge in [-0.1, -0.05) is 18.9 Å². The van der Waals surface area contributed by atoms with Gasteiger partial charge in [0.1, 0.15) is 0 Å². The average Bonchev–Trinajstić information content (AvgIpc) is 3.23. The highest BCUT2D eigenvalue weighted by molar-refractivity contribution is 5.79. The van der Waals surface area contributed by atoms with Crippen LogP contribution in [0.4, 0.5) is 0 Å². The fourth-order valence-electron chi connectivity index (χ4n) is 5.74. The number of carbonyl (C=O) groups excluding carboxylic acids is 1. The van der Waals surface area contributed by atoms with Crippen molar-refractivity contribution in [1.82, 2.24) is 20.1 Å². The first-order valence-electron chi connectivity index (χ1n) is 11.8. The van der Waals surface area contributed by atoms with Crippen molar-refractivity contribution in [3.05, 3.63) is 30.1 Å². The smallest absolute Gasteiger partial charge is 0.224 e. The summed E-state index contributed by atoms with van der Waals surface area (Å²) in [6.45, 7) is 5.95. The standard InChI is InChI=1S/C24H38N4O2/c1-30-19-24(10-2-3-11-24)26-23(29)21-7-5-13-28(18-21)22-8-14-27(15-9-22)17-20-6-4-12-25-16-20/h4,6,12,16,21-22H,2-3,5,7-11,13-15,17-19H2,1H3,(H,26,29)/t21-/m0/s1. The Bertz CT molecular complexity index is 669. The van der Waals surface area contributed by atoms with Crippen molar-refractivity contribution in [3.8, 4) is 0 Å². The second-order valence-corrected chi connectivity index (χ2v) is 9.61. The monoisotopic (exact) mass is 414 g/mol. The molecule has 0 aromatic carbocycles. The SMILES string of the molecule is COCC1(NC(=O)[C@H]2CCCN(C3CCN(Cc4cccnc4)CC3)C2)CCCC1. The van der Waals surface area contributed by atoms with Crippen molar-refractivity contribution in [2.75, 3.05) is 39.9 Å². The molecule has 0 bridgehead atoms. The molecule has 1 aromatic rings. The van der Waals surface area contributed by atoms with Gasteiger partial charge in [-0.2, -0.15) is 0 Å². The number of rotatable bonds is 7. The zero-order valence-electron chi connectivity index (χ0n) is 18.5. The number of hydrogen-bond donors (Lipinski definition) is 1. The van der Waals surface area contributed by atoms with E-state index in [0.717, 1.165) is 58.4 Å². The van der Waals surface area contributed by atoms with Crippen LogP contribution >= 0.6 is 0 Å². The van der Waals surface area contributed by atoms with Crippen LogP contribution in [-0.2, 0) is 16.1 Å². The van der Waals surface area contributed by atoms with Crippen molar-refractivity contribution >= 4 is 5.91 Å². The summed E-state index contributed by atoms with van der Waals surface area (Å²) in [5.41, 5.74) is 1.17. The van der Waals surface area contributed by atoms with E-state index < -0.39 is 0 Å². The average molecular weight is 415 g/mol. The zero-order valence-corrected chi connectivity index (χ0v) is 18.5. The van der Waals surface area contributed by atoms with Gasteiger partial charge in [0.15, 0.2) is 0 Å². The van der Waals surface area contributed by atoms with Crippen LogP contribution in [0.1, 0.15) is 56.9 Å². The normalized spacial score (nSPS) is 26.0. The Hall–Kier alpha value is -1.50. The summed E-state index contributed by atoms with van der Waals surface area (Å²) in [4.78, 5) is 22.5. The van der Waals surface area contributed by atoms with E-state index in [1.165, 1.54) is 31.2 Å². The van der Waals surface area contributed by atoms with Crippen molar-refractivity contribution in [1.29, 1.82) is 0 Å². The number of nitrogens with one attached hydrogen (secondary N) is 1. The summed E-state index contributed by atoms with van der Waals surface area (Å²) >= 11 is 0. The first-order valence-corrected chi connectivity index (χ1v) is 11.8. The van der Waals surface area contributed by atoms with Crippen molar-refractivity contribution in [2.45, 2.75) is 69.5 Å². The van der Waals surface area contributed by atoms with Crippen molar-refractivity contribution < 1.29 is 9.53 Å². The molecule has 4 rings (SSSR count). The highest BCUT2D eigenvalue weighted by Gasteiger charge is 2.38. The molecule has 1 saturated carbocycles. The van der Waals surface area contributed by atoms with Gasteiger partial charge in [-0.25, -0.2) is 0 Å². The van der Waals surface area contributed by atoms with E-state index in [2.05, 4.69) is 26.2 Å². The molecule has 1 amide bonds. The molecule has 1 aliphatic carbocycles. The number of amides is 1. The van der Waals surface area contributed by atoms with Crippen LogP contribution in [0.3, 0.4) is 0 Å². The predicted octanol–water partition coefficient (Wildman–Crippen LogP) is 2.83. The molecule has 0 unspecified atom stereocenters. The summed E-state index contributed by atoms with van der Waals surface area (Å²) in [6.07, 6.45) is 12.8. The highest BCUT2D eigenvalue weighted by Crippen LogP contribution is 2.31. The van der Waals surface area contributed by atoms with E-state index in [9.17, 15) is 4.79 Å². The van der Waals surface area contributed by atoms with E-state index in [1.807, 2.05) is 18.5 Å². The number of carbonyl (C=O) groups is 1. The molecule has 2 aliphatic heterocycles. The molecule has 0 spiro atoms. The van der Waals surface area contributed by atoms with Gasteiger partial charge in [0.2, 0.25) is 5.91 Å². The van der Waals surface area contributed by atoms with Crippen LogP contribution in [0.2, 0.25) is 0 Å². The minimum atomic E-state index is -0.119. The van der Waals surface area contributed by atoms with Gasteiger partial charge in [-0.05, 0) is 69.8 Å². The van der Waals surface area contributed by atoms with Gasteiger partial charge >= 0.3 is 0 Å². The molecule has 6 heteroatoms. The Balaban J connectivity index is 1.26. The number of ether oxygens (including phenoxy) is 1. The third-order valence-corrected chi connectivity index (χ3v) is 7.40. The van der Waals surface area contributed by atoms with Crippen molar-refractivity contribution in [2.24, 2.45) is 5.92 Å².